The number of unbranched alkanes of at least 4 members (excludes halogenated alkanes) is 2. The molecule has 0 saturated heterocycles. The van der Waals surface area contributed by atoms with Crippen molar-refractivity contribution in [2.24, 2.45) is 0 Å². The van der Waals surface area contributed by atoms with E-state index in [-0.39, 0.29) is 29.0 Å². The van der Waals surface area contributed by atoms with Crippen molar-refractivity contribution in [3.8, 4) is 39.5 Å². The van der Waals surface area contributed by atoms with E-state index in [1.54, 1.807) is 30.3 Å². The van der Waals surface area contributed by atoms with Crippen LogP contribution in [0, 0.1) is 23.3 Å². The molecule has 0 aromatic heterocycles. The van der Waals surface area contributed by atoms with E-state index < -0.39 is 35.0 Å². The van der Waals surface area contributed by atoms with Crippen LogP contribution in [0.4, 0.5) is 17.6 Å². The maximum Gasteiger partial charge on any atom is 0.343 e. The summed E-state index contributed by atoms with van der Waals surface area (Å²) in [6.07, 6.45) is 4.86. The van der Waals surface area contributed by atoms with Gasteiger partial charge in [0, 0.05) is 11.1 Å². The number of hydrogen-bond acceptors (Lipinski definition) is 4. The third kappa shape index (κ3) is 7.18. The van der Waals surface area contributed by atoms with Crippen molar-refractivity contribution in [1.29, 1.82) is 0 Å². The number of carbonyl (C=O) groups is 1. The molecular formula is C34H30F4O4. The van der Waals surface area contributed by atoms with Gasteiger partial charge in [-0.1, -0.05) is 55.8 Å². The highest BCUT2D eigenvalue weighted by atomic mass is 19.2. The van der Waals surface area contributed by atoms with Crippen molar-refractivity contribution in [3.63, 3.8) is 0 Å². The van der Waals surface area contributed by atoms with Gasteiger partial charge in [-0.3, -0.25) is 0 Å². The minimum absolute atomic E-state index is 0.00190. The van der Waals surface area contributed by atoms with E-state index in [0.29, 0.717) is 36.3 Å². The van der Waals surface area contributed by atoms with Gasteiger partial charge < -0.3 is 14.2 Å². The van der Waals surface area contributed by atoms with Gasteiger partial charge in [0.1, 0.15) is 5.75 Å². The van der Waals surface area contributed by atoms with E-state index >= 15 is 8.78 Å². The maximum atomic E-state index is 15.1. The lowest BCUT2D eigenvalue weighted by atomic mass is 9.98. The molecule has 0 spiro atoms. The van der Waals surface area contributed by atoms with Crippen LogP contribution in [0.15, 0.2) is 85.5 Å². The van der Waals surface area contributed by atoms with E-state index in [2.05, 4.69) is 13.5 Å². The summed E-state index contributed by atoms with van der Waals surface area (Å²) in [5.74, 6) is -5.90. The molecule has 0 saturated carbocycles. The molecule has 4 aromatic carbocycles. The Labute approximate surface area is 242 Å². The molecule has 42 heavy (non-hydrogen) atoms. The van der Waals surface area contributed by atoms with Gasteiger partial charge in [0.2, 0.25) is 11.6 Å². The third-order valence-electron chi connectivity index (χ3n) is 6.47. The second-order valence-electron chi connectivity index (χ2n) is 9.45. The van der Waals surface area contributed by atoms with Gasteiger partial charge >= 0.3 is 5.97 Å². The SMILES string of the molecule is C=CCCCOc1ccc(OC(=O)c2ccc(-c3ccc(-c4ccc(OCCCC)cc4)c(F)c3F)cc2)c(F)c1F. The zero-order chi connectivity index (χ0) is 30.1. The molecule has 0 bridgehead atoms. The molecular weight excluding hydrogens is 548 g/mol. The summed E-state index contributed by atoms with van der Waals surface area (Å²) in [6.45, 7) is 6.39. The summed E-state index contributed by atoms with van der Waals surface area (Å²) in [6, 6.07) is 17.4. The summed E-state index contributed by atoms with van der Waals surface area (Å²) in [5, 5.41) is 0. The molecule has 218 valence electrons. The normalized spacial score (nSPS) is 10.8. The molecule has 4 nitrogen and oxygen atoms in total. The summed E-state index contributed by atoms with van der Waals surface area (Å²) in [5.41, 5.74) is 0.896. The number of ether oxygens (including phenoxy) is 3. The number of allylic oxidation sites excluding steroid dienone is 1. The average molecular weight is 579 g/mol. The Kier molecular flexibility index (Phi) is 10.4. The third-order valence-corrected chi connectivity index (χ3v) is 6.47. The Balaban J connectivity index is 1.45. The van der Waals surface area contributed by atoms with Gasteiger partial charge in [0.15, 0.2) is 23.1 Å². The Morgan fingerprint density at radius 3 is 1.83 bits per heavy atom. The van der Waals surface area contributed by atoms with Gasteiger partial charge in [-0.15, -0.1) is 6.58 Å². The van der Waals surface area contributed by atoms with Gasteiger partial charge in [0.05, 0.1) is 18.8 Å². The molecule has 0 fully saturated rings. The molecule has 0 heterocycles. The second-order valence-corrected chi connectivity index (χ2v) is 9.45. The maximum absolute atomic E-state index is 15.1. The minimum atomic E-state index is -1.36. The Bertz CT molecular complexity index is 1530. The first-order valence-electron chi connectivity index (χ1n) is 13.6. The largest absolute Gasteiger partial charge is 0.494 e. The Morgan fingerprint density at radius 1 is 0.690 bits per heavy atom. The zero-order valence-corrected chi connectivity index (χ0v) is 23.1. The lowest BCUT2D eigenvalue weighted by Crippen LogP contribution is -2.10. The summed E-state index contributed by atoms with van der Waals surface area (Å²) < 4.78 is 74.9. The van der Waals surface area contributed by atoms with Gasteiger partial charge in [-0.25, -0.2) is 13.6 Å². The van der Waals surface area contributed by atoms with E-state index in [4.69, 9.17) is 14.2 Å². The van der Waals surface area contributed by atoms with Crippen LogP contribution in [-0.4, -0.2) is 19.2 Å². The summed E-state index contributed by atoms with van der Waals surface area (Å²) in [4.78, 5) is 12.6. The molecule has 0 aliphatic heterocycles. The molecule has 0 N–H and O–H groups in total. The van der Waals surface area contributed by atoms with Gasteiger partial charge in [-0.05, 0) is 66.8 Å². The van der Waals surface area contributed by atoms with Crippen LogP contribution in [0.25, 0.3) is 22.3 Å². The van der Waals surface area contributed by atoms with Crippen LogP contribution < -0.4 is 14.2 Å². The van der Waals surface area contributed by atoms with E-state index in [0.717, 1.165) is 18.9 Å². The Hall–Kier alpha value is -4.59. The number of halogens is 4. The number of carbonyl (C=O) groups excluding carboxylic acids is 1. The molecule has 0 amide bonds. The van der Waals surface area contributed by atoms with Gasteiger partial charge in [0.25, 0.3) is 0 Å². The van der Waals surface area contributed by atoms with Crippen LogP contribution in [0.2, 0.25) is 0 Å². The quantitative estimate of drug-likeness (QED) is 0.0521. The van der Waals surface area contributed by atoms with E-state index in [9.17, 15) is 13.6 Å². The summed E-state index contributed by atoms with van der Waals surface area (Å²) in [7, 11) is 0. The van der Waals surface area contributed by atoms with Crippen molar-refractivity contribution < 1.29 is 36.6 Å². The fourth-order valence-electron chi connectivity index (χ4n) is 4.12. The van der Waals surface area contributed by atoms with Crippen LogP contribution in [-0.2, 0) is 0 Å². The molecule has 0 aliphatic carbocycles. The fraction of sp³-hybridized carbons (Fsp3) is 0.206. The molecule has 0 radical (unpaired) electrons. The highest BCUT2D eigenvalue weighted by Crippen LogP contribution is 2.33. The van der Waals surface area contributed by atoms with Crippen molar-refractivity contribution >= 4 is 5.97 Å². The van der Waals surface area contributed by atoms with E-state index in [1.165, 1.54) is 42.5 Å². The lowest BCUT2D eigenvalue weighted by Gasteiger charge is -2.12. The molecule has 4 rings (SSSR count). The van der Waals surface area contributed by atoms with E-state index in [1.807, 2.05) is 0 Å². The molecule has 0 unspecified atom stereocenters. The van der Waals surface area contributed by atoms with Gasteiger partial charge in [-0.2, -0.15) is 8.78 Å². The van der Waals surface area contributed by atoms with Crippen molar-refractivity contribution in [1.82, 2.24) is 0 Å². The van der Waals surface area contributed by atoms with Crippen molar-refractivity contribution in [2.45, 2.75) is 32.6 Å². The standard InChI is InChI=1S/C34H30F4O4/c1-3-5-7-21-41-28-18-19-29(33(38)32(28)37)42-34(39)24-10-8-22(9-11-24)26-16-17-27(31(36)30(26)35)23-12-14-25(15-13-23)40-20-6-4-2/h3,8-19H,1,4-7,20-21H2,2H3. The van der Waals surface area contributed by atoms with Crippen LogP contribution in [0.1, 0.15) is 43.0 Å². The predicted molar refractivity (Wildman–Crippen MR) is 154 cm³/mol. The average Bonchev–Trinajstić information content (AvgIpc) is 3.00. The highest BCUT2D eigenvalue weighted by molar-refractivity contribution is 5.91. The molecule has 8 heteroatoms. The first-order chi connectivity index (χ1) is 20.3. The zero-order valence-electron chi connectivity index (χ0n) is 23.1. The van der Waals surface area contributed by atoms with Crippen molar-refractivity contribution in [2.75, 3.05) is 13.2 Å². The molecule has 0 atom stereocenters. The topological polar surface area (TPSA) is 44.8 Å². The van der Waals surface area contributed by atoms with Crippen LogP contribution in [0.3, 0.4) is 0 Å². The second kappa shape index (κ2) is 14.3. The predicted octanol–water partition coefficient (Wildman–Crippen LogP) is 9.32. The monoisotopic (exact) mass is 578 g/mol. The number of rotatable bonds is 13. The summed E-state index contributed by atoms with van der Waals surface area (Å²) >= 11 is 0. The van der Waals surface area contributed by atoms with Crippen LogP contribution >= 0.6 is 0 Å². The fourth-order valence-corrected chi connectivity index (χ4v) is 4.12. The highest BCUT2D eigenvalue weighted by Gasteiger charge is 2.20. The lowest BCUT2D eigenvalue weighted by molar-refractivity contribution is 0.0726. The number of benzene rings is 4. The van der Waals surface area contributed by atoms with Crippen LogP contribution in [0.5, 0.6) is 17.2 Å². The first-order valence-corrected chi connectivity index (χ1v) is 13.6. The number of hydrogen-bond donors (Lipinski definition) is 0. The van der Waals surface area contributed by atoms with Crippen molar-refractivity contribution in [3.05, 3.63) is 114 Å². The molecule has 0 aliphatic rings. The smallest absolute Gasteiger partial charge is 0.343 e. The molecule has 4 aromatic rings. The minimum Gasteiger partial charge on any atom is -0.494 e. The first kappa shape index (κ1) is 30.4. The number of esters is 1. The Morgan fingerprint density at radius 2 is 1.24 bits per heavy atom.